The van der Waals surface area contributed by atoms with Gasteiger partial charge in [0.05, 0.1) is 22.3 Å². The van der Waals surface area contributed by atoms with Gasteiger partial charge in [0.15, 0.2) is 0 Å². The molecule has 2 fully saturated rings. The summed E-state index contributed by atoms with van der Waals surface area (Å²) in [6.45, 7) is 10.9. The molecule has 0 spiro atoms. The largest absolute Gasteiger partial charge is 0.352 e. The van der Waals surface area contributed by atoms with E-state index in [1.807, 2.05) is 23.0 Å². The van der Waals surface area contributed by atoms with E-state index in [1.54, 1.807) is 6.07 Å². The van der Waals surface area contributed by atoms with E-state index in [0.29, 0.717) is 11.8 Å². The average molecular weight is 512 g/mol. The van der Waals surface area contributed by atoms with Crippen molar-refractivity contribution in [3.63, 3.8) is 0 Å². The highest BCUT2D eigenvalue weighted by molar-refractivity contribution is 6.30. The summed E-state index contributed by atoms with van der Waals surface area (Å²) in [5.74, 6) is -0.472. The molecule has 34 heavy (non-hydrogen) atoms. The molecule has 8 heteroatoms. The zero-order valence-electron chi connectivity index (χ0n) is 20.7. The predicted molar refractivity (Wildman–Crippen MR) is 137 cm³/mol. The number of carbonyl (C=O) groups excluding carboxylic acids is 1. The summed E-state index contributed by atoms with van der Waals surface area (Å²) in [4.78, 5) is 13.2. The molecule has 1 unspecified atom stereocenters. The zero-order chi connectivity index (χ0) is 24.0. The summed E-state index contributed by atoms with van der Waals surface area (Å²) in [6.07, 6.45) is 6.85. The molecule has 5 nitrogen and oxygen atoms in total. The number of carbonyl (C=O) groups is 1. The number of hydrogen-bond acceptors (Lipinski definition) is 3. The number of nitrogens with one attached hydrogen (secondary N) is 2. The van der Waals surface area contributed by atoms with Crippen molar-refractivity contribution in [2.45, 2.75) is 96.3 Å². The number of benzene rings is 1. The van der Waals surface area contributed by atoms with Crippen molar-refractivity contribution in [1.29, 1.82) is 0 Å². The number of halogens is 3. The third-order valence-electron chi connectivity index (χ3n) is 7.25. The molecular formula is C26H37Cl2FN4O. The molecule has 1 saturated heterocycles. The maximum Gasteiger partial charge on any atom is 0.237 e. The van der Waals surface area contributed by atoms with E-state index in [4.69, 9.17) is 16.7 Å². The van der Waals surface area contributed by atoms with E-state index in [9.17, 15) is 9.18 Å². The van der Waals surface area contributed by atoms with E-state index in [1.165, 1.54) is 6.07 Å². The van der Waals surface area contributed by atoms with Crippen LogP contribution in [0, 0.1) is 11.2 Å². The molecule has 0 bridgehead atoms. The molecule has 1 aliphatic carbocycles. The van der Waals surface area contributed by atoms with Gasteiger partial charge in [-0.3, -0.25) is 14.8 Å². The van der Waals surface area contributed by atoms with Crippen molar-refractivity contribution in [1.82, 2.24) is 20.4 Å². The molecule has 3 atom stereocenters. The Morgan fingerprint density at radius 1 is 1.24 bits per heavy atom. The van der Waals surface area contributed by atoms with Crippen LogP contribution in [0.1, 0.15) is 89.9 Å². The van der Waals surface area contributed by atoms with Gasteiger partial charge in [0, 0.05) is 24.2 Å². The first kappa shape index (κ1) is 27.0. The summed E-state index contributed by atoms with van der Waals surface area (Å²) in [5, 5.41) is 11.7. The third-order valence-corrected chi connectivity index (χ3v) is 7.56. The Labute approximate surface area is 213 Å². The number of nitrogens with zero attached hydrogens (tertiary/aromatic N) is 2. The quantitative estimate of drug-likeness (QED) is 0.520. The molecule has 188 valence electrons. The van der Waals surface area contributed by atoms with Gasteiger partial charge in [-0.2, -0.15) is 5.10 Å². The molecule has 2 aliphatic rings. The van der Waals surface area contributed by atoms with Crippen molar-refractivity contribution in [3.8, 4) is 0 Å². The van der Waals surface area contributed by atoms with Crippen LogP contribution in [-0.2, 0) is 10.3 Å². The monoisotopic (exact) mass is 510 g/mol. The highest BCUT2D eigenvalue weighted by Crippen LogP contribution is 2.41. The smallest absolute Gasteiger partial charge is 0.237 e. The van der Waals surface area contributed by atoms with Crippen molar-refractivity contribution in [2.75, 3.05) is 0 Å². The van der Waals surface area contributed by atoms with Gasteiger partial charge in [0.2, 0.25) is 5.91 Å². The Morgan fingerprint density at radius 3 is 2.50 bits per heavy atom. The molecular weight excluding hydrogens is 474 g/mol. The molecule has 1 aromatic carbocycles. The Kier molecular flexibility index (Phi) is 8.06. The summed E-state index contributed by atoms with van der Waals surface area (Å²) in [6, 6.07) is 6.54. The minimum atomic E-state index is -0.451. The molecule has 1 amide bonds. The van der Waals surface area contributed by atoms with E-state index >= 15 is 0 Å². The zero-order valence-corrected chi connectivity index (χ0v) is 22.3. The van der Waals surface area contributed by atoms with E-state index in [-0.39, 0.29) is 52.9 Å². The fraction of sp³-hybridized carbons (Fsp3) is 0.615. The number of rotatable bonds is 4. The van der Waals surface area contributed by atoms with Crippen LogP contribution in [-0.4, -0.2) is 27.8 Å². The predicted octanol–water partition coefficient (Wildman–Crippen LogP) is 6.12. The second-order valence-corrected chi connectivity index (χ2v) is 11.9. The summed E-state index contributed by atoms with van der Waals surface area (Å²) >= 11 is 5.93. The van der Waals surface area contributed by atoms with E-state index in [2.05, 4.69) is 45.3 Å². The second-order valence-electron chi connectivity index (χ2n) is 11.5. The van der Waals surface area contributed by atoms with Gasteiger partial charge >= 0.3 is 0 Å². The fourth-order valence-electron chi connectivity index (χ4n) is 5.05. The topological polar surface area (TPSA) is 59.0 Å². The maximum absolute atomic E-state index is 14.3. The number of aromatic nitrogens is 2. The van der Waals surface area contributed by atoms with Crippen LogP contribution in [0.2, 0.25) is 5.02 Å². The van der Waals surface area contributed by atoms with Gasteiger partial charge in [-0.25, -0.2) is 4.39 Å². The Hall–Kier alpha value is -1.63. The lowest BCUT2D eigenvalue weighted by molar-refractivity contribution is -0.124. The first-order chi connectivity index (χ1) is 15.4. The summed E-state index contributed by atoms with van der Waals surface area (Å²) in [5.41, 5.74) is 1.90. The lowest BCUT2D eigenvalue weighted by Crippen LogP contribution is -2.47. The van der Waals surface area contributed by atoms with Gasteiger partial charge in [-0.15, -0.1) is 12.4 Å². The lowest BCUT2D eigenvalue weighted by Gasteiger charge is -2.35. The molecule has 2 aromatic rings. The van der Waals surface area contributed by atoms with E-state index in [0.717, 1.165) is 36.9 Å². The standard InChI is InChI=1S/C26H36ClFN4O.ClH/c1-25(2,3)32-13-10-21(31-32)18-15-22(24(33)29-17-8-11-26(4,5)12-9-17)30-23(18)16-6-7-19(27)20(28)14-16;/h6-7,10,13-14,17-18,22-23,30H,8-9,11-12,15H2,1-5H3,(H,29,33);1H/t18?,22-,23-;/m0./s1. The van der Waals surface area contributed by atoms with Gasteiger partial charge in [-0.05, 0) is 82.1 Å². The van der Waals surface area contributed by atoms with Crippen LogP contribution in [0.3, 0.4) is 0 Å². The Balaban J connectivity index is 0.00000324. The second kappa shape index (κ2) is 10.2. The normalized spacial score (nSPS) is 25.1. The van der Waals surface area contributed by atoms with Crippen LogP contribution in [0.5, 0.6) is 0 Å². The van der Waals surface area contributed by atoms with Gasteiger partial charge < -0.3 is 5.32 Å². The fourth-order valence-corrected chi connectivity index (χ4v) is 5.17. The molecule has 0 radical (unpaired) electrons. The van der Waals surface area contributed by atoms with E-state index < -0.39 is 5.82 Å². The first-order valence-corrected chi connectivity index (χ1v) is 12.4. The molecule has 1 aliphatic heterocycles. The summed E-state index contributed by atoms with van der Waals surface area (Å²) in [7, 11) is 0. The van der Waals surface area contributed by atoms with Crippen molar-refractivity contribution >= 4 is 29.9 Å². The minimum Gasteiger partial charge on any atom is -0.352 e. The number of hydrogen-bond donors (Lipinski definition) is 2. The SMILES string of the molecule is CC1(C)CCC(NC(=O)[C@@H]2CC(c3ccn(C(C)(C)C)n3)[C@H](c3ccc(Cl)c(F)c3)N2)CC1.Cl. The third kappa shape index (κ3) is 5.95. The maximum atomic E-state index is 14.3. The average Bonchev–Trinajstić information content (AvgIpc) is 3.39. The van der Waals surface area contributed by atoms with Crippen molar-refractivity contribution in [2.24, 2.45) is 5.41 Å². The summed E-state index contributed by atoms with van der Waals surface area (Å²) < 4.78 is 16.2. The first-order valence-electron chi connectivity index (χ1n) is 12.0. The molecule has 2 heterocycles. The lowest BCUT2D eigenvalue weighted by atomic mass is 9.75. The Bertz CT molecular complexity index is 1010. The van der Waals surface area contributed by atoms with Crippen LogP contribution in [0.4, 0.5) is 4.39 Å². The van der Waals surface area contributed by atoms with Crippen LogP contribution >= 0.6 is 24.0 Å². The molecule has 2 N–H and O–H groups in total. The molecule has 1 saturated carbocycles. The minimum absolute atomic E-state index is 0. The number of amides is 1. The van der Waals surface area contributed by atoms with Gasteiger partial charge in [0.1, 0.15) is 5.82 Å². The van der Waals surface area contributed by atoms with Gasteiger partial charge in [-0.1, -0.05) is 31.5 Å². The van der Waals surface area contributed by atoms with Gasteiger partial charge in [0.25, 0.3) is 0 Å². The van der Waals surface area contributed by atoms with Crippen LogP contribution in [0.25, 0.3) is 0 Å². The molecule has 1 aromatic heterocycles. The van der Waals surface area contributed by atoms with Crippen LogP contribution in [0.15, 0.2) is 30.5 Å². The highest BCUT2D eigenvalue weighted by Gasteiger charge is 2.41. The van der Waals surface area contributed by atoms with Crippen LogP contribution < -0.4 is 10.6 Å². The van der Waals surface area contributed by atoms with Crippen molar-refractivity contribution < 1.29 is 9.18 Å². The molecule has 4 rings (SSSR count). The highest BCUT2D eigenvalue weighted by atomic mass is 35.5. The van der Waals surface area contributed by atoms with Crippen molar-refractivity contribution in [3.05, 3.63) is 52.6 Å². The Morgan fingerprint density at radius 2 is 1.91 bits per heavy atom.